The van der Waals surface area contributed by atoms with Crippen molar-refractivity contribution < 1.29 is 23.6 Å². The van der Waals surface area contributed by atoms with E-state index in [1.54, 1.807) is 37.3 Å². The van der Waals surface area contributed by atoms with Crippen LogP contribution in [0.4, 0.5) is 10.1 Å². The predicted octanol–water partition coefficient (Wildman–Crippen LogP) is 5.22. The number of anilines is 1. The number of nitrogens with one attached hydrogen (secondary N) is 4. The van der Waals surface area contributed by atoms with Crippen molar-refractivity contribution in [3.63, 3.8) is 0 Å². The Bertz CT molecular complexity index is 1490. The summed E-state index contributed by atoms with van der Waals surface area (Å²) in [5.41, 5.74) is 5.09. The number of rotatable bonds is 12. The Balaban J connectivity index is 1.46. The van der Waals surface area contributed by atoms with Crippen LogP contribution in [0.15, 0.2) is 48.5 Å². The summed E-state index contributed by atoms with van der Waals surface area (Å²) < 4.78 is 13.9. The minimum atomic E-state index is -0.741. The van der Waals surface area contributed by atoms with Gasteiger partial charge >= 0.3 is 0 Å². The van der Waals surface area contributed by atoms with Crippen LogP contribution in [0, 0.1) is 19.7 Å². The molecule has 2 heterocycles. The average molecular weight is 559 g/mol. The Hall–Kier alpha value is -4.53. The molecule has 1 unspecified atom stereocenters. The molecule has 3 amide bonds. The highest BCUT2D eigenvalue weighted by Crippen LogP contribution is 2.34. The van der Waals surface area contributed by atoms with Crippen molar-refractivity contribution >= 4 is 40.8 Å². The molecule has 8 nitrogen and oxygen atoms in total. The average Bonchev–Trinajstić information content (AvgIpc) is 3.40. The van der Waals surface area contributed by atoms with Gasteiger partial charge in [0.05, 0.1) is 5.57 Å². The number of fused-ring (bicyclic) bond motifs is 1. The van der Waals surface area contributed by atoms with Crippen LogP contribution in [0.1, 0.15) is 77.5 Å². The van der Waals surface area contributed by atoms with Gasteiger partial charge in [-0.25, -0.2) is 4.39 Å². The summed E-state index contributed by atoms with van der Waals surface area (Å²) in [7, 11) is 0. The van der Waals surface area contributed by atoms with Crippen LogP contribution >= 0.6 is 0 Å². The van der Waals surface area contributed by atoms with Crippen LogP contribution in [0.2, 0.25) is 0 Å². The molecule has 4 N–H and O–H groups in total. The lowest BCUT2D eigenvalue weighted by atomic mass is 10.0. The number of halogens is 1. The zero-order valence-electron chi connectivity index (χ0n) is 23.5. The molecule has 0 saturated carbocycles. The number of aryl methyl sites for hydroxylation is 1. The Kier molecular flexibility index (Phi) is 9.49. The fraction of sp³-hybridized carbons (Fsp3) is 0.312. The van der Waals surface area contributed by atoms with E-state index in [0.29, 0.717) is 47.3 Å². The largest absolute Gasteiger partial charge is 0.359 e. The number of aromatic amines is 1. The number of amides is 3. The molecular formula is C32H35FN4O4. The minimum absolute atomic E-state index is 0.133. The molecule has 4 rings (SSSR count). The molecule has 0 spiro atoms. The number of aromatic nitrogens is 1. The maximum atomic E-state index is 13.9. The first-order chi connectivity index (χ1) is 19.6. The number of unbranched alkanes of at least 4 members (excludes halogenated alkanes) is 2. The van der Waals surface area contributed by atoms with Gasteiger partial charge in [-0.3, -0.25) is 14.4 Å². The summed E-state index contributed by atoms with van der Waals surface area (Å²) in [6.45, 7) is 5.54. The Morgan fingerprint density at radius 3 is 2.51 bits per heavy atom. The van der Waals surface area contributed by atoms with Crippen molar-refractivity contribution in [1.82, 2.24) is 15.6 Å². The van der Waals surface area contributed by atoms with E-state index < -0.39 is 11.9 Å². The van der Waals surface area contributed by atoms with E-state index in [1.165, 1.54) is 18.2 Å². The molecule has 0 aliphatic carbocycles. The Labute approximate surface area is 238 Å². The smallest absolute Gasteiger partial charge is 0.256 e. The van der Waals surface area contributed by atoms with E-state index in [4.69, 9.17) is 0 Å². The second-order valence-corrected chi connectivity index (χ2v) is 10.4. The van der Waals surface area contributed by atoms with Crippen LogP contribution in [0.25, 0.3) is 11.6 Å². The number of carbonyl (C=O) groups is 4. The highest BCUT2D eigenvalue weighted by atomic mass is 19.1. The summed E-state index contributed by atoms with van der Waals surface area (Å²) in [5, 5.41) is 8.57. The predicted molar refractivity (Wildman–Crippen MR) is 156 cm³/mol. The van der Waals surface area contributed by atoms with Gasteiger partial charge in [0.2, 0.25) is 5.91 Å². The quantitative estimate of drug-likeness (QED) is 0.180. The van der Waals surface area contributed by atoms with Crippen molar-refractivity contribution in [3.8, 4) is 0 Å². The number of hydrogen-bond donors (Lipinski definition) is 4. The van der Waals surface area contributed by atoms with E-state index in [9.17, 15) is 23.6 Å². The van der Waals surface area contributed by atoms with Gasteiger partial charge in [-0.15, -0.1) is 0 Å². The Morgan fingerprint density at radius 1 is 1.02 bits per heavy atom. The molecule has 0 saturated heterocycles. The van der Waals surface area contributed by atoms with Gasteiger partial charge in [-0.2, -0.15) is 0 Å². The zero-order chi connectivity index (χ0) is 29.5. The number of benzene rings is 2. The van der Waals surface area contributed by atoms with Crippen LogP contribution in [0.5, 0.6) is 0 Å². The number of carbonyl (C=O) groups excluding carboxylic acids is 4. The maximum Gasteiger partial charge on any atom is 0.256 e. The minimum Gasteiger partial charge on any atom is -0.359 e. The summed E-state index contributed by atoms with van der Waals surface area (Å²) >= 11 is 0. The zero-order valence-corrected chi connectivity index (χ0v) is 23.5. The monoisotopic (exact) mass is 558 g/mol. The molecule has 3 aromatic rings. The number of Topliss-reactive ketones (excluding diaryl/α,β-unsaturated/α-hetero) is 1. The van der Waals surface area contributed by atoms with Crippen molar-refractivity contribution in [2.75, 3.05) is 5.32 Å². The SMILES string of the molecule is CC(=O)CCCCCC(NC(=O)c1ccccc1)C(=O)NCc1c(C)[nH]c(/C=C2\C(=O)Nc3ccc(F)cc32)c1C. The second kappa shape index (κ2) is 13.2. The summed E-state index contributed by atoms with van der Waals surface area (Å²) in [6.07, 6.45) is 4.84. The molecule has 2 aromatic carbocycles. The van der Waals surface area contributed by atoms with Crippen LogP contribution < -0.4 is 16.0 Å². The highest BCUT2D eigenvalue weighted by Gasteiger charge is 2.26. The van der Waals surface area contributed by atoms with Crippen molar-refractivity contribution in [3.05, 3.63) is 88.0 Å². The van der Waals surface area contributed by atoms with Gasteiger partial charge in [0, 0.05) is 41.2 Å². The van der Waals surface area contributed by atoms with Crippen molar-refractivity contribution in [2.24, 2.45) is 0 Å². The lowest BCUT2D eigenvalue weighted by Crippen LogP contribution is -2.46. The third kappa shape index (κ3) is 7.36. The van der Waals surface area contributed by atoms with Gasteiger partial charge in [-0.05, 0) is 81.1 Å². The second-order valence-electron chi connectivity index (χ2n) is 10.4. The number of ketones is 1. The summed E-state index contributed by atoms with van der Waals surface area (Å²) in [5.74, 6) is -1.24. The summed E-state index contributed by atoms with van der Waals surface area (Å²) in [6, 6.07) is 12.2. The van der Waals surface area contributed by atoms with Crippen molar-refractivity contribution in [2.45, 2.75) is 65.5 Å². The fourth-order valence-corrected chi connectivity index (χ4v) is 4.97. The molecular weight excluding hydrogens is 523 g/mol. The first kappa shape index (κ1) is 29.5. The van der Waals surface area contributed by atoms with E-state index in [-0.39, 0.29) is 30.0 Å². The normalized spacial score (nSPS) is 14.0. The lowest BCUT2D eigenvalue weighted by Gasteiger charge is -2.19. The first-order valence-electron chi connectivity index (χ1n) is 13.8. The molecule has 1 aliphatic heterocycles. The van der Waals surface area contributed by atoms with Crippen LogP contribution in [-0.4, -0.2) is 34.5 Å². The number of H-pyrrole nitrogens is 1. The molecule has 1 aromatic heterocycles. The first-order valence-corrected chi connectivity index (χ1v) is 13.8. The molecule has 1 atom stereocenters. The molecule has 9 heteroatoms. The van der Waals surface area contributed by atoms with Gasteiger partial charge in [0.15, 0.2) is 0 Å². The summed E-state index contributed by atoms with van der Waals surface area (Å²) in [4.78, 5) is 53.2. The molecule has 214 valence electrons. The van der Waals surface area contributed by atoms with Gasteiger partial charge in [0.1, 0.15) is 17.6 Å². The highest BCUT2D eigenvalue weighted by molar-refractivity contribution is 6.34. The third-order valence-electron chi connectivity index (χ3n) is 7.30. The van der Waals surface area contributed by atoms with Crippen LogP contribution in [-0.2, 0) is 20.9 Å². The molecule has 0 bridgehead atoms. The van der Waals surface area contributed by atoms with Crippen LogP contribution in [0.3, 0.4) is 0 Å². The molecule has 0 fully saturated rings. The van der Waals surface area contributed by atoms with E-state index in [0.717, 1.165) is 29.7 Å². The van der Waals surface area contributed by atoms with E-state index in [2.05, 4.69) is 20.9 Å². The third-order valence-corrected chi connectivity index (χ3v) is 7.30. The van der Waals surface area contributed by atoms with Crippen molar-refractivity contribution in [1.29, 1.82) is 0 Å². The molecule has 0 radical (unpaired) electrons. The maximum absolute atomic E-state index is 13.9. The van der Waals surface area contributed by atoms with E-state index in [1.807, 2.05) is 19.9 Å². The van der Waals surface area contributed by atoms with Gasteiger partial charge in [-0.1, -0.05) is 31.0 Å². The molecule has 1 aliphatic rings. The van der Waals surface area contributed by atoms with E-state index >= 15 is 0 Å². The Morgan fingerprint density at radius 2 is 1.78 bits per heavy atom. The molecule has 41 heavy (non-hydrogen) atoms. The number of hydrogen-bond acceptors (Lipinski definition) is 4. The topological polar surface area (TPSA) is 120 Å². The van der Waals surface area contributed by atoms with Gasteiger partial charge < -0.3 is 25.7 Å². The lowest BCUT2D eigenvalue weighted by molar-refractivity contribution is -0.123. The van der Waals surface area contributed by atoms with Gasteiger partial charge in [0.25, 0.3) is 11.8 Å². The fourth-order valence-electron chi connectivity index (χ4n) is 4.97. The standard InChI is InChI=1S/C32H35FN4O4/c1-19(38)10-6-4-9-13-28(37-30(39)22-11-7-5-8-12-22)32(41)34-18-26-20(2)29(35-21(26)3)17-25-24-16-23(33)14-15-27(24)36-31(25)40/h5,7-8,11-12,14-17,28,35H,4,6,9-10,13,18H2,1-3H3,(H,34,41)(H,36,40)(H,37,39)/b25-17-.